The molecule has 0 aliphatic rings. The van der Waals surface area contributed by atoms with Crippen molar-refractivity contribution in [2.45, 2.75) is 0 Å². The summed E-state index contributed by atoms with van der Waals surface area (Å²) in [6.45, 7) is 0. The van der Waals surface area contributed by atoms with Crippen LogP contribution in [0, 0.1) is 0 Å². The number of benzene rings is 1. The van der Waals surface area contributed by atoms with Gasteiger partial charge in [-0.25, -0.2) is 4.79 Å². The van der Waals surface area contributed by atoms with Crippen molar-refractivity contribution in [2.24, 2.45) is 0 Å². The van der Waals surface area contributed by atoms with Gasteiger partial charge in [0.1, 0.15) is 5.15 Å². The Labute approximate surface area is 133 Å². The van der Waals surface area contributed by atoms with Crippen LogP contribution in [0.15, 0.2) is 54.6 Å². The second-order valence-electron chi connectivity index (χ2n) is 4.79. The third-order valence-corrected chi connectivity index (χ3v) is 3.72. The standard InChI is InChI=1S/C18H14ClNO2/c1-22-18(21)15-12-14(11-10-13-6-3-2-4-7-13)20-16(15)8-5-9-17(20)19/h2-12H,1H3/b11-10+. The zero-order chi connectivity index (χ0) is 15.5. The number of halogens is 1. The summed E-state index contributed by atoms with van der Waals surface area (Å²) in [5.74, 6) is -0.376. The van der Waals surface area contributed by atoms with Crippen LogP contribution in [0.4, 0.5) is 0 Å². The molecule has 3 aromatic rings. The van der Waals surface area contributed by atoms with Crippen LogP contribution in [0.2, 0.25) is 5.15 Å². The monoisotopic (exact) mass is 311 g/mol. The number of ether oxygens (including phenoxy) is 1. The number of hydrogen-bond donors (Lipinski definition) is 0. The number of carbonyl (C=O) groups excluding carboxylic acids is 1. The minimum atomic E-state index is -0.376. The van der Waals surface area contributed by atoms with Crippen molar-refractivity contribution >= 4 is 35.2 Å². The molecule has 4 heteroatoms. The molecular formula is C18H14ClNO2. The van der Waals surface area contributed by atoms with Gasteiger partial charge in [-0.2, -0.15) is 0 Å². The summed E-state index contributed by atoms with van der Waals surface area (Å²) in [5.41, 5.74) is 3.12. The molecule has 0 N–H and O–H groups in total. The second-order valence-corrected chi connectivity index (χ2v) is 5.17. The van der Waals surface area contributed by atoms with Gasteiger partial charge in [0.05, 0.1) is 18.2 Å². The minimum Gasteiger partial charge on any atom is -0.465 e. The summed E-state index contributed by atoms with van der Waals surface area (Å²) in [7, 11) is 1.37. The van der Waals surface area contributed by atoms with Gasteiger partial charge in [0, 0.05) is 5.69 Å². The average Bonchev–Trinajstić information content (AvgIpc) is 2.93. The van der Waals surface area contributed by atoms with Gasteiger partial charge in [0.15, 0.2) is 0 Å². The van der Waals surface area contributed by atoms with E-state index in [1.165, 1.54) is 7.11 Å². The predicted molar refractivity (Wildman–Crippen MR) is 89.1 cm³/mol. The van der Waals surface area contributed by atoms with E-state index < -0.39 is 0 Å². The number of carbonyl (C=O) groups is 1. The Morgan fingerprint density at radius 2 is 1.86 bits per heavy atom. The number of pyridine rings is 1. The molecular weight excluding hydrogens is 298 g/mol. The lowest BCUT2D eigenvalue weighted by Crippen LogP contribution is -2.00. The molecule has 110 valence electrons. The molecule has 0 fully saturated rings. The van der Waals surface area contributed by atoms with Crippen LogP contribution in [0.25, 0.3) is 17.7 Å². The number of rotatable bonds is 3. The number of aromatic nitrogens is 1. The van der Waals surface area contributed by atoms with Crippen LogP contribution in [0.3, 0.4) is 0 Å². The maximum atomic E-state index is 11.9. The highest BCUT2D eigenvalue weighted by molar-refractivity contribution is 6.30. The molecule has 3 nitrogen and oxygen atoms in total. The lowest BCUT2D eigenvalue weighted by atomic mass is 10.2. The van der Waals surface area contributed by atoms with E-state index in [9.17, 15) is 4.79 Å². The Bertz CT molecular complexity index is 850. The zero-order valence-corrected chi connectivity index (χ0v) is 12.7. The maximum absolute atomic E-state index is 11.9. The van der Waals surface area contributed by atoms with Gasteiger partial charge in [-0.1, -0.05) is 54.1 Å². The summed E-state index contributed by atoms with van der Waals surface area (Å²) in [4.78, 5) is 11.9. The van der Waals surface area contributed by atoms with E-state index in [2.05, 4.69) is 0 Å². The second kappa shape index (κ2) is 6.08. The van der Waals surface area contributed by atoms with Crippen molar-refractivity contribution in [3.05, 3.63) is 76.6 Å². The van der Waals surface area contributed by atoms with Crippen molar-refractivity contribution in [1.82, 2.24) is 4.40 Å². The van der Waals surface area contributed by atoms with Crippen LogP contribution in [0.5, 0.6) is 0 Å². The van der Waals surface area contributed by atoms with E-state index in [0.717, 1.165) is 16.8 Å². The van der Waals surface area contributed by atoms with E-state index >= 15 is 0 Å². The summed E-state index contributed by atoms with van der Waals surface area (Å²) in [6.07, 6.45) is 3.91. The van der Waals surface area contributed by atoms with Gasteiger partial charge in [0.25, 0.3) is 0 Å². The Kier molecular flexibility index (Phi) is 3.98. The first-order valence-corrected chi connectivity index (χ1v) is 7.20. The largest absolute Gasteiger partial charge is 0.465 e. The fourth-order valence-corrected chi connectivity index (χ4v) is 2.65. The number of methoxy groups -OCH3 is 1. The SMILES string of the molecule is COC(=O)c1cc(/C=C/c2ccccc2)n2c(Cl)cccc12. The van der Waals surface area contributed by atoms with Crippen molar-refractivity contribution in [3.63, 3.8) is 0 Å². The highest BCUT2D eigenvalue weighted by Gasteiger charge is 2.15. The Hall–Kier alpha value is -2.52. The van der Waals surface area contributed by atoms with E-state index in [1.807, 2.05) is 59.0 Å². The number of nitrogens with zero attached hydrogens (tertiary/aromatic N) is 1. The van der Waals surface area contributed by atoms with Gasteiger partial charge in [-0.3, -0.25) is 4.40 Å². The van der Waals surface area contributed by atoms with Crippen molar-refractivity contribution < 1.29 is 9.53 Å². The van der Waals surface area contributed by atoms with Crippen molar-refractivity contribution in [2.75, 3.05) is 7.11 Å². The molecule has 0 amide bonds. The molecule has 0 saturated heterocycles. The third kappa shape index (κ3) is 2.63. The van der Waals surface area contributed by atoms with Crippen LogP contribution >= 0.6 is 11.6 Å². The molecule has 0 atom stereocenters. The first-order chi connectivity index (χ1) is 10.7. The summed E-state index contributed by atoms with van der Waals surface area (Å²) in [6, 6.07) is 17.2. The highest BCUT2D eigenvalue weighted by Crippen LogP contribution is 2.24. The summed E-state index contributed by atoms with van der Waals surface area (Å²) < 4.78 is 6.67. The van der Waals surface area contributed by atoms with E-state index in [4.69, 9.17) is 16.3 Å². The van der Waals surface area contributed by atoms with Crippen molar-refractivity contribution in [3.8, 4) is 0 Å². The first kappa shape index (κ1) is 14.4. The zero-order valence-electron chi connectivity index (χ0n) is 12.0. The van der Waals surface area contributed by atoms with E-state index in [0.29, 0.717) is 10.7 Å². The lowest BCUT2D eigenvalue weighted by molar-refractivity contribution is 0.0603. The molecule has 2 heterocycles. The molecule has 0 bridgehead atoms. The minimum absolute atomic E-state index is 0.376. The van der Waals surface area contributed by atoms with E-state index in [1.54, 1.807) is 12.1 Å². The Balaban J connectivity index is 2.13. The van der Waals surface area contributed by atoms with Crippen LogP contribution < -0.4 is 0 Å². The molecule has 0 aliphatic carbocycles. The van der Waals surface area contributed by atoms with Gasteiger partial charge in [0.2, 0.25) is 0 Å². The molecule has 2 aromatic heterocycles. The molecule has 0 aliphatic heterocycles. The normalized spacial score (nSPS) is 11.2. The predicted octanol–water partition coefficient (Wildman–Crippen LogP) is 4.55. The summed E-state index contributed by atoms with van der Waals surface area (Å²) in [5, 5.41) is 0.542. The van der Waals surface area contributed by atoms with Crippen LogP contribution in [0.1, 0.15) is 21.6 Å². The average molecular weight is 312 g/mol. The molecule has 0 unspecified atom stereocenters. The quantitative estimate of drug-likeness (QED) is 0.525. The molecule has 0 saturated carbocycles. The molecule has 1 aromatic carbocycles. The smallest absolute Gasteiger partial charge is 0.340 e. The lowest BCUT2D eigenvalue weighted by Gasteiger charge is -2.02. The fraction of sp³-hybridized carbons (Fsp3) is 0.0556. The van der Waals surface area contributed by atoms with Gasteiger partial charge in [-0.05, 0) is 29.8 Å². The molecule has 0 radical (unpaired) electrons. The topological polar surface area (TPSA) is 30.7 Å². The first-order valence-electron chi connectivity index (χ1n) is 6.82. The van der Waals surface area contributed by atoms with Gasteiger partial charge in [-0.15, -0.1) is 0 Å². The van der Waals surface area contributed by atoms with Crippen LogP contribution in [-0.2, 0) is 4.74 Å². The van der Waals surface area contributed by atoms with Crippen LogP contribution in [-0.4, -0.2) is 17.5 Å². The van der Waals surface area contributed by atoms with E-state index in [-0.39, 0.29) is 5.97 Å². The number of hydrogen-bond acceptors (Lipinski definition) is 2. The fourth-order valence-electron chi connectivity index (χ4n) is 2.38. The number of esters is 1. The highest BCUT2D eigenvalue weighted by atomic mass is 35.5. The maximum Gasteiger partial charge on any atom is 0.340 e. The molecule has 0 spiro atoms. The molecule has 3 rings (SSSR count). The van der Waals surface area contributed by atoms with Crippen molar-refractivity contribution in [1.29, 1.82) is 0 Å². The summed E-state index contributed by atoms with van der Waals surface area (Å²) >= 11 is 6.28. The Morgan fingerprint density at radius 3 is 2.59 bits per heavy atom. The number of fused-ring (bicyclic) bond motifs is 1. The van der Waals surface area contributed by atoms with Gasteiger partial charge >= 0.3 is 5.97 Å². The molecule has 22 heavy (non-hydrogen) atoms. The van der Waals surface area contributed by atoms with Gasteiger partial charge < -0.3 is 4.74 Å². The Morgan fingerprint density at radius 1 is 1.09 bits per heavy atom. The third-order valence-electron chi connectivity index (χ3n) is 3.42.